The highest BCUT2D eigenvalue weighted by Crippen LogP contribution is 2.20. The van der Waals surface area contributed by atoms with Crippen LogP contribution in [0.2, 0.25) is 0 Å². The minimum absolute atomic E-state index is 0.335. The molecule has 0 amide bonds. The first-order chi connectivity index (χ1) is 7.04. The molecular weight excluding hydrogens is 214 g/mol. The molecule has 2 unspecified atom stereocenters. The second-order valence-electron chi connectivity index (χ2n) is 3.67. The number of hydrogen-bond acceptors (Lipinski definition) is 3. The Hall–Kier alpha value is -0.640. The van der Waals surface area contributed by atoms with E-state index in [9.17, 15) is 10.2 Å². The van der Waals surface area contributed by atoms with Crippen molar-refractivity contribution in [2.75, 3.05) is 5.88 Å². The van der Waals surface area contributed by atoms with E-state index in [4.69, 9.17) is 11.6 Å². The van der Waals surface area contributed by atoms with Gasteiger partial charge in [-0.15, -0.1) is 11.6 Å². The van der Waals surface area contributed by atoms with Gasteiger partial charge in [-0.2, -0.15) is 0 Å². The Balaban J connectivity index is 2.85. The van der Waals surface area contributed by atoms with Crippen LogP contribution in [0.3, 0.4) is 0 Å². The molecule has 0 radical (unpaired) electrons. The molecule has 0 aliphatic heterocycles. The van der Waals surface area contributed by atoms with Crippen molar-refractivity contribution >= 4 is 11.6 Å². The van der Waals surface area contributed by atoms with Crippen LogP contribution in [0.4, 0.5) is 0 Å². The average molecular weight is 230 g/mol. The fraction of sp³-hybridized carbons (Fsp3) is 0.545. The molecule has 0 aliphatic rings. The first kappa shape index (κ1) is 12.4. The number of alkyl halides is 1. The molecule has 0 spiro atoms. The third-order valence-electron chi connectivity index (χ3n) is 2.21. The van der Waals surface area contributed by atoms with E-state index in [0.717, 1.165) is 11.4 Å². The maximum absolute atomic E-state index is 9.83. The van der Waals surface area contributed by atoms with Crippen molar-refractivity contribution in [3.05, 3.63) is 29.1 Å². The summed E-state index contributed by atoms with van der Waals surface area (Å²) in [6.45, 7) is 3.72. The van der Waals surface area contributed by atoms with Crippen molar-refractivity contribution in [3.8, 4) is 0 Å². The molecule has 1 aromatic rings. The van der Waals surface area contributed by atoms with Gasteiger partial charge in [-0.3, -0.25) is 4.98 Å². The maximum Gasteiger partial charge on any atom is 0.105 e. The minimum Gasteiger partial charge on any atom is -0.390 e. The molecule has 0 aliphatic carbocycles. The number of pyridine rings is 1. The van der Waals surface area contributed by atoms with Crippen LogP contribution in [0.1, 0.15) is 29.5 Å². The van der Waals surface area contributed by atoms with Crippen LogP contribution in [-0.2, 0) is 0 Å². The van der Waals surface area contributed by atoms with Gasteiger partial charge in [-0.1, -0.05) is 0 Å². The number of nitrogens with zero attached hydrogens (tertiary/aromatic N) is 1. The molecule has 15 heavy (non-hydrogen) atoms. The minimum atomic E-state index is -0.885. The average Bonchev–Trinajstić information content (AvgIpc) is 2.15. The van der Waals surface area contributed by atoms with E-state index in [-0.39, 0.29) is 0 Å². The predicted octanol–water partition coefficient (Wildman–Crippen LogP) is 1.72. The van der Waals surface area contributed by atoms with Gasteiger partial charge in [0.2, 0.25) is 0 Å². The third-order valence-corrected chi connectivity index (χ3v) is 2.43. The summed E-state index contributed by atoms with van der Waals surface area (Å²) in [4.78, 5) is 4.20. The molecule has 2 N–H and O–H groups in total. The molecule has 0 bridgehead atoms. The van der Waals surface area contributed by atoms with Gasteiger partial charge in [0.25, 0.3) is 0 Å². The molecular formula is C11H16ClNO2. The lowest BCUT2D eigenvalue weighted by Gasteiger charge is -2.17. The van der Waals surface area contributed by atoms with E-state index < -0.39 is 12.2 Å². The molecule has 84 valence electrons. The van der Waals surface area contributed by atoms with E-state index in [1.807, 2.05) is 13.8 Å². The normalized spacial score (nSPS) is 15.0. The largest absolute Gasteiger partial charge is 0.390 e. The van der Waals surface area contributed by atoms with Crippen molar-refractivity contribution in [2.24, 2.45) is 0 Å². The Morgan fingerprint density at radius 1 is 1.27 bits per heavy atom. The van der Waals surface area contributed by atoms with Gasteiger partial charge in [0, 0.05) is 17.3 Å². The van der Waals surface area contributed by atoms with Crippen molar-refractivity contribution < 1.29 is 10.2 Å². The molecule has 3 nitrogen and oxygen atoms in total. The van der Waals surface area contributed by atoms with Crippen LogP contribution in [0.5, 0.6) is 0 Å². The SMILES string of the molecule is Cc1cc(C(O)C(O)CCCl)cc(C)n1. The maximum atomic E-state index is 9.83. The molecule has 1 aromatic heterocycles. The van der Waals surface area contributed by atoms with Gasteiger partial charge in [0.15, 0.2) is 0 Å². The third kappa shape index (κ3) is 3.45. The van der Waals surface area contributed by atoms with Crippen LogP contribution in [0.15, 0.2) is 12.1 Å². The van der Waals surface area contributed by atoms with Gasteiger partial charge >= 0.3 is 0 Å². The van der Waals surface area contributed by atoms with Crippen LogP contribution < -0.4 is 0 Å². The summed E-state index contributed by atoms with van der Waals surface area (Å²) in [6.07, 6.45) is -1.32. The van der Waals surface area contributed by atoms with Crippen molar-refractivity contribution in [2.45, 2.75) is 32.5 Å². The molecule has 0 fully saturated rings. The molecule has 2 atom stereocenters. The number of halogens is 1. The lowest BCUT2D eigenvalue weighted by atomic mass is 10.0. The molecule has 4 heteroatoms. The topological polar surface area (TPSA) is 53.4 Å². The predicted molar refractivity (Wildman–Crippen MR) is 60.0 cm³/mol. The Kier molecular flexibility index (Phi) is 4.51. The summed E-state index contributed by atoms with van der Waals surface area (Å²) in [5, 5.41) is 19.4. The van der Waals surface area contributed by atoms with Gasteiger partial charge < -0.3 is 10.2 Å². The van der Waals surface area contributed by atoms with Gasteiger partial charge in [-0.25, -0.2) is 0 Å². The van der Waals surface area contributed by atoms with Gasteiger partial charge in [0.05, 0.1) is 6.10 Å². The molecule has 0 saturated carbocycles. The number of aromatic nitrogens is 1. The zero-order valence-electron chi connectivity index (χ0n) is 8.94. The van der Waals surface area contributed by atoms with Crippen molar-refractivity contribution in [1.29, 1.82) is 0 Å². The van der Waals surface area contributed by atoms with E-state index in [0.29, 0.717) is 17.9 Å². The highest BCUT2D eigenvalue weighted by Gasteiger charge is 2.18. The standard InChI is InChI=1S/C11H16ClNO2/c1-7-5-9(6-8(2)13-7)11(15)10(14)3-4-12/h5-6,10-11,14-15H,3-4H2,1-2H3. The lowest BCUT2D eigenvalue weighted by molar-refractivity contribution is 0.0169. The fourth-order valence-electron chi connectivity index (χ4n) is 1.53. The number of hydrogen-bond donors (Lipinski definition) is 2. The summed E-state index contributed by atoms with van der Waals surface area (Å²) < 4.78 is 0. The number of rotatable bonds is 4. The fourth-order valence-corrected chi connectivity index (χ4v) is 1.75. The monoisotopic (exact) mass is 229 g/mol. The molecule has 0 saturated heterocycles. The zero-order chi connectivity index (χ0) is 11.4. The molecule has 1 heterocycles. The van der Waals surface area contributed by atoms with Crippen molar-refractivity contribution in [1.82, 2.24) is 4.98 Å². The summed E-state index contributed by atoms with van der Waals surface area (Å²) in [5.74, 6) is 0.335. The quantitative estimate of drug-likeness (QED) is 0.774. The summed E-state index contributed by atoms with van der Waals surface area (Å²) in [5.41, 5.74) is 2.36. The van der Waals surface area contributed by atoms with E-state index >= 15 is 0 Å². The summed E-state index contributed by atoms with van der Waals surface area (Å²) >= 11 is 5.51. The lowest BCUT2D eigenvalue weighted by Crippen LogP contribution is -2.19. The van der Waals surface area contributed by atoms with E-state index in [1.54, 1.807) is 12.1 Å². The Labute approximate surface area is 94.7 Å². The second-order valence-corrected chi connectivity index (χ2v) is 4.05. The van der Waals surface area contributed by atoms with Gasteiger partial charge in [0.1, 0.15) is 6.10 Å². The summed E-state index contributed by atoms with van der Waals surface area (Å²) in [7, 11) is 0. The number of aryl methyl sites for hydroxylation is 2. The second kappa shape index (κ2) is 5.45. The number of aliphatic hydroxyl groups excluding tert-OH is 2. The molecule has 1 rings (SSSR count). The molecule has 0 aromatic carbocycles. The van der Waals surface area contributed by atoms with Crippen LogP contribution in [0.25, 0.3) is 0 Å². The Morgan fingerprint density at radius 2 is 1.80 bits per heavy atom. The smallest absolute Gasteiger partial charge is 0.105 e. The zero-order valence-corrected chi connectivity index (χ0v) is 9.70. The van der Waals surface area contributed by atoms with Crippen LogP contribution in [-0.4, -0.2) is 27.2 Å². The van der Waals surface area contributed by atoms with E-state index in [1.165, 1.54) is 0 Å². The summed E-state index contributed by atoms with van der Waals surface area (Å²) in [6, 6.07) is 3.55. The van der Waals surface area contributed by atoms with Gasteiger partial charge in [-0.05, 0) is 38.0 Å². The first-order valence-electron chi connectivity index (χ1n) is 4.92. The van der Waals surface area contributed by atoms with Crippen LogP contribution in [0, 0.1) is 13.8 Å². The Bertz CT molecular complexity index is 310. The first-order valence-corrected chi connectivity index (χ1v) is 5.45. The van der Waals surface area contributed by atoms with Crippen LogP contribution >= 0.6 is 11.6 Å². The number of aliphatic hydroxyl groups is 2. The highest BCUT2D eigenvalue weighted by atomic mass is 35.5. The highest BCUT2D eigenvalue weighted by molar-refractivity contribution is 6.17. The van der Waals surface area contributed by atoms with E-state index in [2.05, 4.69) is 4.98 Å². The Morgan fingerprint density at radius 3 is 2.27 bits per heavy atom. The van der Waals surface area contributed by atoms with Crippen molar-refractivity contribution in [3.63, 3.8) is 0 Å².